The summed E-state index contributed by atoms with van der Waals surface area (Å²) in [6.07, 6.45) is 1.84. The molecule has 0 bridgehead atoms. The van der Waals surface area contributed by atoms with E-state index in [9.17, 15) is 24.3 Å². The minimum Gasteiger partial charge on any atom is -0.453 e. The van der Waals surface area contributed by atoms with E-state index in [4.69, 9.17) is 4.74 Å². The fraction of sp³-hybridized carbons (Fsp3) is 0.488. The van der Waals surface area contributed by atoms with E-state index in [1.54, 1.807) is 27.2 Å². The molecule has 0 radical (unpaired) electrons. The third kappa shape index (κ3) is 11.5. The van der Waals surface area contributed by atoms with E-state index in [1.165, 1.54) is 7.11 Å². The number of hydrogen-bond donors (Lipinski definition) is 4. The van der Waals surface area contributed by atoms with Crippen molar-refractivity contribution in [2.45, 2.75) is 92.2 Å². The molecule has 1 aliphatic heterocycles. The molecule has 4 rings (SSSR count). The molecule has 0 unspecified atom stereocenters. The average Bonchev–Trinajstić information content (AvgIpc) is 3.45. The molecule has 5 amide bonds. The van der Waals surface area contributed by atoms with Gasteiger partial charge in [0.2, 0.25) is 5.91 Å². The first kappa shape index (κ1) is 41.7. The van der Waals surface area contributed by atoms with Crippen molar-refractivity contribution in [2.24, 2.45) is 10.8 Å². The van der Waals surface area contributed by atoms with E-state index in [0.717, 1.165) is 22.3 Å². The number of carbonyl (C=O) groups is 4. The molecule has 1 fully saturated rings. The first-order chi connectivity index (χ1) is 25.5. The number of aryl methyl sites for hydroxylation is 1. The Hall–Kier alpha value is -5.01. The smallest absolute Gasteiger partial charge is 0.407 e. The van der Waals surface area contributed by atoms with Crippen LogP contribution in [0.1, 0.15) is 63.8 Å². The Morgan fingerprint density at radius 2 is 1.52 bits per heavy atom. The Morgan fingerprint density at radius 3 is 2.09 bits per heavy atom. The highest BCUT2D eigenvalue weighted by atomic mass is 16.5. The lowest BCUT2D eigenvalue weighted by atomic mass is 9.84. The molecule has 13 nitrogen and oxygen atoms in total. The topological polar surface area (TPSA) is 156 Å². The SMILES string of the molecule is COC(=O)N[C@H](C(=O)NN(Cc1ccccc1)C[C@H](O)[C@H](Cc1ccccc1)NC(=O)[C@@H](N1CCN(Cc2cnccc2C)C1=O)C(C)(C)C)C(C)(C)C. The first-order valence-electron chi connectivity index (χ1n) is 18.4. The third-order valence-corrected chi connectivity index (χ3v) is 9.57. The maximum atomic E-state index is 14.5. The van der Waals surface area contributed by atoms with Crippen molar-refractivity contribution in [1.29, 1.82) is 0 Å². The van der Waals surface area contributed by atoms with Gasteiger partial charge in [0.25, 0.3) is 5.91 Å². The molecule has 54 heavy (non-hydrogen) atoms. The van der Waals surface area contributed by atoms with Crippen LogP contribution in [-0.4, -0.2) is 99.8 Å². The number of rotatable bonds is 15. The number of hydrogen-bond acceptors (Lipinski definition) is 8. The van der Waals surface area contributed by atoms with E-state index >= 15 is 0 Å². The summed E-state index contributed by atoms with van der Waals surface area (Å²) in [7, 11) is 1.23. The second-order valence-electron chi connectivity index (χ2n) is 16.1. The Bertz CT molecular complexity index is 1710. The van der Waals surface area contributed by atoms with Gasteiger partial charge in [0.1, 0.15) is 12.1 Å². The summed E-state index contributed by atoms with van der Waals surface area (Å²) < 4.78 is 4.79. The largest absolute Gasteiger partial charge is 0.453 e. The molecule has 4 atom stereocenters. The number of alkyl carbamates (subject to hydrolysis) is 1. The fourth-order valence-electron chi connectivity index (χ4n) is 6.65. The number of benzene rings is 2. The molecule has 4 N–H and O–H groups in total. The lowest BCUT2D eigenvalue weighted by molar-refractivity contribution is -0.133. The minimum absolute atomic E-state index is 0.0748. The van der Waals surface area contributed by atoms with Crippen molar-refractivity contribution in [3.05, 3.63) is 101 Å². The maximum Gasteiger partial charge on any atom is 0.407 e. The predicted octanol–water partition coefficient (Wildman–Crippen LogP) is 4.43. The Balaban J connectivity index is 1.60. The van der Waals surface area contributed by atoms with Gasteiger partial charge in [-0.15, -0.1) is 0 Å². The summed E-state index contributed by atoms with van der Waals surface area (Å²) in [5.74, 6) is -0.880. The highest BCUT2D eigenvalue weighted by Crippen LogP contribution is 2.29. The summed E-state index contributed by atoms with van der Waals surface area (Å²) in [6.45, 7) is 14.6. The monoisotopic (exact) mass is 743 g/mol. The number of nitrogens with one attached hydrogen (secondary N) is 3. The highest BCUT2D eigenvalue weighted by molar-refractivity contribution is 5.89. The van der Waals surface area contributed by atoms with E-state index in [0.29, 0.717) is 19.6 Å². The summed E-state index contributed by atoms with van der Waals surface area (Å²) in [4.78, 5) is 61.9. The van der Waals surface area contributed by atoms with Crippen molar-refractivity contribution < 1.29 is 29.0 Å². The Morgan fingerprint density at radius 1 is 0.889 bits per heavy atom. The maximum absolute atomic E-state index is 14.5. The number of urea groups is 1. The van der Waals surface area contributed by atoms with Crippen LogP contribution in [0.4, 0.5) is 9.59 Å². The van der Waals surface area contributed by atoms with Gasteiger partial charge < -0.3 is 30.3 Å². The van der Waals surface area contributed by atoms with Crippen LogP contribution in [0, 0.1) is 17.8 Å². The molecule has 292 valence electrons. The van der Waals surface area contributed by atoms with Crippen LogP contribution < -0.4 is 16.1 Å². The lowest BCUT2D eigenvalue weighted by Crippen LogP contribution is -2.61. The number of methoxy groups -OCH3 is 1. The molecule has 0 spiro atoms. The molecule has 2 heterocycles. The molecule has 2 aromatic carbocycles. The van der Waals surface area contributed by atoms with Gasteiger partial charge in [-0.2, -0.15) is 0 Å². The summed E-state index contributed by atoms with van der Waals surface area (Å²) >= 11 is 0. The van der Waals surface area contributed by atoms with E-state index in [1.807, 2.05) is 115 Å². The van der Waals surface area contributed by atoms with Crippen molar-refractivity contribution in [3.63, 3.8) is 0 Å². The number of aliphatic hydroxyl groups is 1. The van der Waals surface area contributed by atoms with Crippen LogP contribution in [0.15, 0.2) is 79.1 Å². The second kappa shape index (κ2) is 18.4. The van der Waals surface area contributed by atoms with Crippen molar-refractivity contribution in [1.82, 2.24) is 35.9 Å². The van der Waals surface area contributed by atoms with Gasteiger partial charge in [0.05, 0.1) is 19.3 Å². The lowest BCUT2D eigenvalue weighted by Gasteiger charge is -2.38. The first-order valence-corrected chi connectivity index (χ1v) is 18.4. The summed E-state index contributed by atoms with van der Waals surface area (Å²) in [6, 6.07) is 18.0. The fourth-order valence-corrected chi connectivity index (χ4v) is 6.65. The summed E-state index contributed by atoms with van der Waals surface area (Å²) in [5.41, 5.74) is 5.32. The van der Waals surface area contributed by atoms with Crippen molar-refractivity contribution >= 4 is 23.9 Å². The van der Waals surface area contributed by atoms with E-state index in [-0.39, 0.29) is 31.4 Å². The second-order valence-corrected chi connectivity index (χ2v) is 16.1. The predicted molar refractivity (Wildman–Crippen MR) is 207 cm³/mol. The zero-order valence-corrected chi connectivity index (χ0v) is 32.8. The zero-order valence-electron chi connectivity index (χ0n) is 32.8. The number of nitrogens with zero attached hydrogens (tertiary/aromatic N) is 4. The molecule has 1 saturated heterocycles. The molecule has 1 aromatic heterocycles. The zero-order chi connectivity index (χ0) is 39.6. The molecule has 13 heteroatoms. The number of aliphatic hydroxyl groups excluding tert-OH is 1. The number of amides is 5. The number of carbonyl (C=O) groups excluding carboxylic acids is 4. The molecular formula is C41H57N7O6. The van der Waals surface area contributed by atoms with Crippen LogP contribution in [0.25, 0.3) is 0 Å². The molecular weight excluding hydrogens is 686 g/mol. The Kier molecular flexibility index (Phi) is 14.2. The Labute approximate surface area is 319 Å². The standard InChI is InChI=1S/C41H57N7O6/c1-28-19-20-42-24-31(28)26-46-21-22-48(39(46)53)35(41(5,6)7)37(51)43-32(23-29-15-11-9-12-16-29)33(49)27-47(25-30-17-13-10-14-18-30)45-36(50)34(40(2,3)4)44-38(52)54-8/h9-20,24,32-35,49H,21-23,25-27H2,1-8H3,(H,43,51)(H,44,52)(H,45,50)/t32-,33-,34+,35+/m0/s1. The minimum atomic E-state index is -1.18. The third-order valence-electron chi connectivity index (χ3n) is 9.57. The van der Waals surface area contributed by atoms with Gasteiger partial charge in [-0.05, 0) is 52.5 Å². The van der Waals surface area contributed by atoms with Crippen molar-refractivity contribution in [2.75, 3.05) is 26.7 Å². The van der Waals surface area contributed by atoms with Gasteiger partial charge >= 0.3 is 12.1 Å². The average molecular weight is 744 g/mol. The number of aromatic nitrogens is 1. The summed E-state index contributed by atoms with van der Waals surface area (Å²) in [5, 5.41) is 19.3. The highest BCUT2D eigenvalue weighted by Gasteiger charge is 2.44. The molecule has 3 aromatic rings. The number of pyridine rings is 1. The van der Waals surface area contributed by atoms with Crippen LogP contribution in [0.3, 0.4) is 0 Å². The van der Waals surface area contributed by atoms with Crippen LogP contribution in [0.5, 0.6) is 0 Å². The van der Waals surface area contributed by atoms with Crippen LogP contribution >= 0.6 is 0 Å². The molecule has 0 saturated carbocycles. The van der Waals surface area contributed by atoms with E-state index < -0.39 is 47.1 Å². The van der Waals surface area contributed by atoms with Crippen LogP contribution in [0.2, 0.25) is 0 Å². The molecule has 1 aliphatic rings. The number of ether oxygens (including phenoxy) is 1. The number of hydrazine groups is 1. The quantitative estimate of drug-likeness (QED) is 0.167. The van der Waals surface area contributed by atoms with Gasteiger partial charge in [0.15, 0.2) is 0 Å². The van der Waals surface area contributed by atoms with E-state index in [2.05, 4.69) is 21.0 Å². The van der Waals surface area contributed by atoms with Crippen LogP contribution in [-0.2, 0) is 33.8 Å². The van der Waals surface area contributed by atoms with Gasteiger partial charge in [-0.3, -0.25) is 20.0 Å². The van der Waals surface area contributed by atoms with Crippen molar-refractivity contribution in [3.8, 4) is 0 Å². The van der Waals surface area contributed by atoms with Gasteiger partial charge in [-0.1, -0.05) is 102 Å². The molecule has 0 aliphatic carbocycles. The van der Waals surface area contributed by atoms with Gasteiger partial charge in [-0.25, -0.2) is 14.6 Å². The van der Waals surface area contributed by atoms with Gasteiger partial charge in [0, 0.05) is 45.1 Å². The normalized spacial score (nSPS) is 15.7.